The topological polar surface area (TPSA) is 63.8 Å². The monoisotopic (exact) mass is 222 g/mol. The zero-order valence-electron chi connectivity index (χ0n) is 8.82. The lowest BCUT2D eigenvalue weighted by molar-refractivity contribution is 0.778. The number of nitrogens with one attached hydrogen (secondary N) is 1. The van der Waals surface area contributed by atoms with Gasteiger partial charge in [-0.15, -0.1) is 11.3 Å². The van der Waals surface area contributed by atoms with Crippen LogP contribution < -0.4 is 11.1 Å². The molecular formula is C10H14N4S. The zero-order valence-corrected chi connectivity index (χ0v) is 9.64. The van der Waals surface area contributed by atoms with Crippen LogP contribution in [0.25, 0.3) is 10.2 Å². The predicted molar refractivity (Wildman–Crippen MR) is 64.3 cm³/mol. The van der Waals surface area contributed by atoms with E-state index in [0.717, 1.165) is 22.6 Å². The molecule has 2 aromatic heterocycles. The van der Waals surface area contributed by atoms with Crippen molar-refractivity contribution in [2.75, 3.05) is 11.9 Å². The van der Waals surface area contributed by atoms with E-state index in [1.54, 1.807) is 17.7 Å². The molecule has 0 fully saturated rings. The van der Waals surface area contributed by atoms with E-state index in [1.165, 1.54) is 4.88 Å². The summed E-state index contributed by atoms with van der Waals surface area (Å²) in [5.74, 6) is 0.877. The van der Waals surface area contributed by atoms with E-state index in [-0.39, 0.29) is 6.04 Å². The third-order valence-electron chi connectivity index (χ3n) is 2.04. The Labute approximate surface area is 92.5 Å². The highest BCUT2D eigenvalue weighted by atomic mass is 32.1. The minimum absolute atomic E-state index is 0.120. The Morgan fingerprint density at radius 3 is 3.07 bits per heavy atom. The first kappa shape index (κ1) is 10.3. The van der Waals surface area contributed by atoms with Crippen molar-refractivity contribution in [3.63, 3.8) is 0 Å². The summed E-state index contributed by atoms with van der Waals surface area (Å²) in [7, 11) is 0. The number of thiophene rings is 1. The lowest BCUT2D eigenvalue weighted by Crippen LogP contribution is -2.25. The van der Waals surface area contributed by atoms with E-state index < -0.39 is 0 Å². The summed E-state index contributed by atoms with van der Waals surface area (Å²) in [4.78, 5) is 10.7. The van der Waals surface area contributed by atoms with Crippen molar-refractivity contribution in [1.82, 2.24) is 9.97 Å². The van der Waals surface area contributed by atoms with Crippen molar-refractivity contribution in [2.24, 2.45) is 5.73 Å². The maximum absolute atomic E-state index is 5.69. The summed E-state index contributed by atoms with van der Waals surface area (Å²) in [5, 5.41) is 4.31. The second-order valence-corrected chi connectivity index (χ2v) is 4.89. The molecule has 2 aromatic rings. The van der Waals surface area contributed by atoms with Crippen LogP contribution in [0, 0.1) is 6.92 Å². The number of rotatable bonds is 3. The average molecular weight is 222 g/mol. The smallest absolute Gasteiger partial charge is 0.138 e. The Morgan fingerprint density at radius 1 is 1.53 bits per heavy atom. The van der Waals surface area contributed by atoms with Crippen molar-refractivity contribution < 1.29 is 0 Å². The van der Waals surface area contributed by atoms with Gasteiger partial charge in [-0.3, -0.25) is 0 Å². The molecule has 0 saturated heterocycles. The fourth-order valence-electron chi connectivity index (χ4n) is 1.37. The molecule has 80 valence electrons. The summed E-state index contributed by atoms with van der Waals surface area (Å²) >= 11 is 1.68. The summed E-state index contributed by atoms with van der Waals surface area (Å²) in [6.07, 6.45) is 1.59. The minimum atomic E-state index is 0.120. The Morgan fingerprint density at radius 2 is 2.33 bits per heavy atom. The molecule has 0 aliphatic heterocycles. The van der Waals surface area contributed by atoms with Gasteiger partial charge in [0.15, 0.2) is 0 Å². The van der Waals surface area contributed by atoms with Gasteiger partial charge in [0.05, 0.1) is 5.39 Å². The second-order valence-electron chi connectivity index (χ2n) is 3.66. The van der Waals surface area contributed by atoms with Gasteiger partial charge >= 0.3 is 0 Å². The molecule has 0 bridgehead atoms. The molecule has 2 heterocycles. The van der Waals surface area contributed by atoms with Crippen molar-refractivity contribution in [1.29, 1.82) is 0 Å². The SMILES string of the molecule is Cc1cc2c(NCC(C)N)ncnc2s1. The number of nitrogens with zero attached hydrogens (tertiary/aromatic N) is 2. The van der Waals surface area contributed by atoms with Crippen LogP contribution in [0.15, 0.2) is 12.4 Å². The van der Waals surface area contributed by atoms with Crippen LogP contribution >= 0.6 is 11.3 Å². The van der Waals surface area contributed by atoms with Gasteiger partial charge in [0, 0.05) is 17.5 Å². The van der Waals surface area contributed by atoms with Crippen LogP contribution in [-0.4, -0.2) is 22.6 Å². The number of nitrogens with two attached hydrogens (primary N) is 1. The molecule has 0 saturated carbocycles. The first-order valence-corrected chi connectivity index (χ1v) is 5.69. The van der Waals surface area contributed by atoms with Crippen LogP contribution in [0.4, 0.5) is 5.82 Å². The molecule has 0 spiro atoms. The van der Waals surface area contributed by atoms with Crippen molar-refractivity contribution in [2.45, 2.75) is 19.9 Å². The molecule has 0 radical (unpaired) electrons. The molecule has 1 unspecified atom stereocenters. The number of aromatic nitrogens is 2. The standard InChI is InChI=1S/C10H14N4S/c1-6(11)4-12-9-8-3-7(2)15-10(8)14-5-13-9/h3,5-6H,4,11H2,1-2H3,(H,12,13,14). The van der Waals surface area contributed by atoms with Gasteiger partial charge in [0.25, 0.3) is 0 Å². The van der Waals surface area contributed by atoms with Crippen molar-refractivity contribution in [3.8, 4) is 0 Å². The first-order valence-electron chi connectivity index (χ1n) is 4.87. The maximum atomic E-state index is 5.69. The molecule has 4 nitrogen and oxygen atoms in total. The Kier molecular flexibility index (Phi) is 2.83. The number of hydrogen-bond acceptors (Lipinski definition) is 5. The van der Waals surface area contributed by atoms with E-state index in [9.17, 15) is 0 Å². The molecule has 1 atom stereocenters. The van der Waals surface area contributed by atoms with Gasteiger partial charge in [-0.2, -0.15) is 0 Å². The van der Waals surface area contributed by atoms with Crippen LogP contribution in [0.3, 0.4) is 0 Å². The van der Waals surface area contributed by atoms with Crippen LogP contribution in [0.2, 0.25) is 0 Å². The van der Waals surface area contributed by atoms with Crippen LogP contribution in [0.5, 0.6) is 0 Å². The highest BCUT2D eigenvalue weighted by Crippen LogP contribution is 2.27. The molecule has 5 heteroatoms. The summed E-state index contributed by atoms with van der Waals surface area (Å²) in [5.41, 5.74) is 5.69. The highest BCUT2D eigenvalue weighted by molar-refractivity contribution is 7.18. The highest BCUT2D eigenvalue weighted by Gasteiger charge is 2.06. The third-order valence-corrected chi connectivity index (χ3v) is 3.00. The van der Waals surface area contributed by atoms with Crippen molar-refractivity contribution in [3.05, 3.63) is 17.3 Å². The molecule has 0 aliphatic carbocycles. The van der Waals surface area contributed by atoms with Gasteiger partial charge in [0.2, 0.25) is 0 Å². The minimum Gasteiger partial charge on any atom is -0.368 e. The van der Waals surface area contributed by atoms with E-state index in [2.05, 4.69) is 28.3 Å². The molecule has 0 amide bonds. The van der Waals surface area contributed by atoms with Gasteiger partial charge in [-0.05, 0) is 19.9 Å². The molecule has 0 aromatic carbocycles. The van der Waals surface area contributed by atoms with E-state index in [0.29, 0.717) is 0 Å². The van der Waals surface area contributed by atoms with Gasteiger partial charge < -0.3 is 11.1 Å². The Balaban J connectivity index is 2.33. The van der Waals surface area contributed by atoms with E-state index >= 15 is 0 Å². The zero-order chi connectivity index (χ0) is 10.8. The van der Waals surface area contributed by atoms with E-state index in [1.807, 2.05) is 6.92 Å². The fraction of sp³-hybridized carbons (Fsp3) is 0.400. The fourth-order valence-corrected chi connectivity index (χ4v) is 2.22. The van der Waals surface area contributed by atoms with E-state index in [4.69, 9.17) is 5.73 Å². The summed E-state index contributed by atoms with van der Waals surface area (Å²) in [6.45, 7) is 4.76. The number of aryl methyl sites for hydroxylation is 1. The Bertz CT molecular complexity index is 463. The molecule has 0 aliphatic rings. The molecule has 3 N–H and O–H groups in total. The molecule has 2 rings (SSSR count). The lowest BCUT2D eigenvalue weighted by atomic mass is 10.3. The largest absolute Gasteiger partial charge is 0.368 e. The quantitative estimate of drug-likeness (QED) is 0.830. The van der Waals surface area contributed by atoms with Crippen molar-refractivity contribution >= 4 is 27.4 Å². The molecular weight excluding hydrogens is 208 g/mol. The molecule has 15 heavy (non-hydrogen) atoms. The Hall–Kier alpha value is -1.20. The maximum Gasteiger partial charge on any atom is 0.138 e. The van der Waals surface area contributed by atoms with Gasteiger partial charge in [-0.25, -0.2) is 9.97 Å². The third kappa shape index (κ3) is 2.24. The summed E-state index contributed by atoms with van der Waals surface area (Å²) < 4.78 is 0. The number of hydrogen-bond donors (Lipinski definition) is 2. The van der Waals surface area contributed by atoms with Crippen LogP contribution in [0.1, 0.15) is 11.8 Å². The van der Waals surface area contributed by atoms with Gasteiger partial charge in [0.1, 0.15) is 17.0 Å². The predicted octanol–water partition coefficient (Wildman–Crippen LogP) is 1.76. The first-order chi connectivity index (χ1) is 7.16. The normalized spacial score (nSPS) is 13.0. The number of anilines is 1. The number of fused-ring (bicyclic) bond motifs is 1. The van der Waals surface area contributed by atoms with Gasteiger partial charge in [-0.1, -0.05) is 0 Å². The second kappa shape index (κ2) is 4.12. The summed E-state index contributed by atoms with van der Waals surface area (Å²) in [6, 6.07) is 2.22. The lowest BCUT2D eigenvalue weighted by Gasteiger charge is -2.08. The average Bonchev–Trinajstić information content (AvgIpc) is 2.55. The van der Waals surface area contributed by atoms with Crippen LogP contribution in [-0.2, 0) is 0 Å².